The Bertz CT molecular complexity index is 731. The lowest BCUT2D eigenvalue weighted by atomic mass is 9.96. The maximum atomic E-state index is 14.1. The van der Waals surface area contributed by atoms with Gasteiger partial charge in [-0.2, -0.15) is 5.10 Å². The largest absolute Gasteiger partial charge is 0.371 e. The van der Waals surface area contributed by atoms with Crippen LogP contribution in [0.25, 0.3) is 0 Å². The van der Waals surface area contributed by atoms with Crippen molar-refractivity contribution in [1.29, 1.82) is 0 Å². The molecule has 9 heteroatoms. The van der Waals surface area contributed by atoms with E-state index < -0.39 is 23.8 Å². The summed E-state index contributed by atoms with van der Waals surface area (Å²) < 4.78 is 30.0. The fraction of sp³-hybridized carbons (Fsp3) is 0.231. The zero-order valence-electron chi connectivity index (χ0n) is 11.3. The van der Waals surface area contributed by atoms with Gasteiger partial charge in [0, 0.05) is 12.6 Å². The van der Waals surface area contributed by atoms with Gasteiger partial charge >= 0.3 is 0 Å². The molecule has 0 amide bonds. The third-order valence-electron chi connectivity index (χ3n) is 3.30. The van der Waals surface area contributed by atoms with Gasteiger partial charge in [0.05, 0.1) is 5.92 Å². The molecule has 2 aromatic heterocycles. The van der Waals surface area contributed by atoms with Gasteiger partial charge < -0.3 is 9.67 Å². The predicted octanol–water partition coefficient (Wildman–Crippen LogP) is 1.12. The molecular formula is C13H12F2N6O. The van der Waals surface area contributed by atoms with Crippen LogP contribution in [0.2, 0.25) is 0 Å². The Kier molecular flexibility index (Phi) is 3.88. The highest BCUT2D eigenvalue weighted by Crippen LogP contribution is 2.30. The molecule has 0 unspecified atom stereocenters. The first kappa shape index (κ1) is 14.3. The molecule has 1 N–H and O–H groups in total. The van der Waals surface area contributed by atoms with E-state index in [1.807, 2.05) is 0 Å². The van der Waals surface area contributed by atoms with Gasteiger partial charge in [-0.15, -0.1) is 10.2 Å². The number of hydrogen-bond acceptors (Lipinski definition) is 5. The summed E-state index contributed by atoms with van der Waals surface area (Å²) in [6.07, 6.45) is 4.31. The minimum absolute atomic E-state index is 0.165. The van der Waals surface area contributed by atoms with Gasteiger partial charge in [-0.1, -0.05) is 6.07 Å². The van der Waals surface area contributed by atoms with Gasteiger partial charge in [0.15, 0.2) is 6.23 Å². The Hall–Kier alpha value is -2.68. The number of aliphatic hydroxyl groups excluding tert-OH is 1. The third-order valence-corrected chi connectivity index (χ3v) is 3.30. The van der Waals surface area contributed by atoms with Crippen LogP contribution in [0, 0.1) is 11.6 Å². The molecule has 1 aromatic carbocycles. The zero-order chi connectivity index (χ0) is 15.5. The lowest BCUT2D eigenvalue weighted by molar-refractivity contribution is 0.0532. The molecular weight excluding hydrogens is 294 g/mol. The summed E-state index contributed by atoms with van der Waals surface area (Å²) in [6.45, 7) is 0.191. The molecule has 0 saturated carbocycles. The fourth-order valence-electron chi connectivity index (χ4n) is 2.24. The van der Waals surface area contributed by atoms with Gasteiger partial charge in [-0.3, -0.25) is 0 Å². The van der Waals surface area contributed by atoms with E-state index in [2.05, 4.69) is 20.3 Å². The molecule has 0 bridgehead atoms. The minimum Gasteiger partial charge on any atom is -0.371 e. The van der Waals surface area contributed by atoms with E-state index >= 15 is 0 Å². The number of nitrogens with zero attached hydrogens (tertiary/aromatic N) is 6. The standard InChI is InChI=1S/C13H12F2N6O/c14-9-1-2-10(12(15)3-9)11(4-20-7-17-18-8-20)13(22)21-6-16-5-19-21/h1-3,5-8,11,13,22H,4H2/t11-,13-/m1/s1. The number of benzene rings is 1. The molecule has 0 aliphatic carbocycles. The summed E-state index contributed by atoms with van der Waals surface area (Å²) in [5, 5.41) is 21.7. The molecule has 3 rings (SSSR count). The van der Waals surface area contributed by atoms with Crippen molar-refractivity contribution in [2.45, 2.75) is 18.7 Å². The second kappa shape index (κ2) is 5.98. The van der Waals surface area contributed by atoms with Crippen molar-refractivity contribution in [3.8, 4) is 0 Å². The Labute approximate surface area is 123 Å². The SMILES string of the molecule is O[C@H]([C@H](Cn1cnnc1)c1ccc(F)cc1F)n1cncn1. The lowest BCUT2D eigenvalue weighted by Crippen LogP contribution is -2.23. The molecule has 2 atom stereocenters. The van der Waals surface area contributed by atoms with E-state index in [-0.39, 0.29) is 12.1 Å². The highest BCUT2D eigenvalue weighted by molar-refractivity contribution is 5.23. The molecule has 22 heavy (non-hydrogen) atoms. The monoisotopic (exact) mass is 306 g/mol. The predicted molar refractivity (Wildman–Crippen MR) is 70.4 cm³/mol. The molecule has 0 aliphatic heterocycles. The molecule has 0 aliphatic rings. The highest BCUT2D eigenvalue weighted by atomic mass is 19.1. The van der Waals surface area contributed by atoms with Crippen LogP contribution >= 0.6 is 0 Å². The number of rotatable bonds is 5. The minimum atomic E-state index is -1.18. The Morgan fingerprint density at radius 3 is 2.55 bits per heavy atom. The first-order valence-corrected chi connectivity index (χ1v) is 6.44. The van der Waals surface area contributed by atoms with Crippen LogP contribution in [0.5, 0.6) is 0 Å². The van der Waals surface area contributed by atoms with Crippen molar-refractivity contribution in [2.24, 2.45) is 0 Å². The van der Waals surface area contributed by atoms with Gasteiger partial charge in [0.25, 0.3) is 0 Å². The topological polar surface area (TPSA) is 81.6 Å². The molecule has 3 aromatic rings. The van der Waals surface area contributed by atoms with Crippen LogP contribution in [0.4, 0.5) is 8.78 Å². The van der Waals surface area contributed by atoms with Crippen molar-refractivity contribution in [3.05, 3.63) is 60.7 Å². The molecule has 0 fully saturated rings. The summed E-state index contributed by atoms with van der Waals surface area (Å²) in [5.74, 6) is -2.14. The fourth-order valence-corrected chi connectivity index (χ4v) is 2.24. The van der Waals surface area contributed by atoms with Crippen molar-refractivity contribution >= 4 is 0 Å². The third kappa shape index (κ3) is 2.84. The Balaban J connectivity index is 1.98. The Morgan fingerprint density at radius 1 is 1.14 bits per heavy atom. The van der Waals surface area contributed by atoms with Crippen molar-refractivity contribution in [1.82, 2.24) is 29.5 Å². The number of hydrogen-bond donors (Lipinski definition) is 1. The first-order valence-electron chi connectivity index (χ1n) is 6.44. The van der Waals surface area contributed by atoms with Crippen LogP contribution in [0.3, 0.4) is 0 Å². The second-order valence-corrected chi connectivity index (χ2v) is 4.72. The summed E-state index contributed by atoms with van der Waals surface area (Å²) in [6, 6.07) is 3.23. The average Bonchev–Trinajstić information content (AvgIpc) is 3.18. The first-order chi connectivity index (χ1) is 10.6. The quantitative estimate of drug-likeness (QED) is 0.764. The Morgan fingerprint density at radius 2 is 1.91 bits per heavy atom. The van der Waals surface area contributed by atoms with Gasteiger partial charge in [-0.25, -0.2) is 18.4 Å². The van der Waals surface area contributed by atoms with Crippen LogP contribution < -0.4 is 0 Å². The van der Waals surface area contributed by atoms with E-state index in [1.54, 1.807) is 4.57 Å². The highest BCUT2D eigenvalue weighted by Gasteiger charge is 2.27. The van der Waals surface area contributed by atoms with Crippen LogP contribution in [0.15, 0.2) is 43.5 Å². The van der Waals surface area contributed by atoms with Gasteiger partial charge in [-0.05, 0) is 11.6 Å². The molecule has 7 nitrogen and oxygen atoms in total. The van der Waals surface area contributed by atoms with E-state index in [4.69, 9.17) is 0 Å². The van der Waals surface area contributed by atoms with E-state index in [0.29, 0.717) is 0 Å². The van der Waals surface area contributed by atoms with Gasteiger partial charge in [0.2, 0.25) is 0 Å². The van der Waals surface area contributed by atoms with Gasteiger partial charge in [0.1, 0.15) is 36.9 Å². The van der Waals surface area contributed by atoms with E-state index in [1.165, 1.54) is 36.1 Å². The average molecular weight is 306 g/mol. The summed E-state index contributed by atoms with van der Waals surface area (Å²) in [7, 11) is 0. The molecule has 2 heterocycles. The number of aliphatic hydroxyl groups is 1. The summed E-state index contributed by atoms with van der Waals surface area (Å²) >= 11 is 0. The maximum absolute atomic E-state index is 14.1. The van der Waals surface area contributed by atoms with Crippen molar-refractivity contribution in [2.75, 3.05) is 0 Å². The zero-order valence-corrected chi connectivity index (χ0v) is 11.3. The normalized spacial score (nSPS) is 14.0. The van der Waals surface area contributed by atoms with Crippen LogP contribution in [-0.4, -0.2) is 34.6 Å². The maximum Gasteiger partial charge on any atom is 0.157 e. The van der Waals surface area contributed by atoms with E-state index in [9.17, 15) is 13.9 Å². The molecule has 0 spiro atoms. The van der Waals surface area contributed by atoms with Crippen LogP contribution in [0.1, 0.15) is 17.7 Å². The number of halogens is 2. The number of aromatic nitrogens is 6. The smallest absolute Gasteiger partial charge is 0.157 e. The van der Waals surface area contributed by atoms with E-state index in [0.717, 1.165) is 12.1 Å². The lowest BCUT2D eigenvalue weighted by Gasteiger charge is -2.24. The molecule has 114 valence electrons. The summed E-state index contributed by atoms with van der Waals surface area (Å²) in [5.41, 5.74) is 0.165. The van der Waals surface area contributed by atoms with Crippen molar-refractivity contribution < 1.29 is 13.9 Å². The molecule has 0 saturated heterocycles. The van der Waals surface area contributed by atoms with Crippen molar-refractivity contribution in [3.63, 3.8) is 0 Å². The summed E-state index contributed by atoms with van der Waals surface area (Å²) in [4.78, 5) is 3.76. The molecule has 0 radical (unpaired) electrons. The van der Waals surface area contributed by atoms with Crippen LogP contribution in [-0.2, 0) is 6.54 Å². The second-order valence-electron chi connectivity index (χ2n) is 4.72.